The number of aryl methyl sites for hydroxylation is 1. The van der Waals surface area contributed by atoms with Crippen molar-refractivity contribution < 1.29 is 17.5 Å². The number of nitrogens with two attached hydrogens (primary N) is 1. The van der Waals surface area contributed by atoms with Gasteiger partial charge in [-0.25, -0.2) is 0 Å². The van der Waals surface area contributed by atoms with E-state index >= 15 is 0 Å². The van der Waals surface area contributed by atoms with E-state index in [2.05, 4.69) is 5.16 Å². The molecule has 0 radical (unpaired) electrons. The minimum atomic E-state index is -4.27. The van der Waals surface area contributed by atoms with E-state index in [4.69, 9.17) is 10.3 Å². The second-order valence-corrected chi connectivity index (χ2v) is 5.82. The number of nitrogen functional groups attached to an aromatic ring is 1. The van der Waals surface area contributed by atoms with Gasteiger partial charge in [-0.2, -0.15) is 8.42 Å². The van der Waals surface area contributed by atoms with Crippen molar-refractivity contribution in [1.82, 2.24) is 5.16 Å². The average molecular weight is 282 g/mol. The first kappa shape index (κ1) is 13.6. The van der Waals surface area contributed by atoms with Crippen molar-refractivity contribution >= 4 is 15.8 Å². The Labute approximate surface area is 111 Å². The minimum Gasteiger partial charge on any atom is -0.394 e. The molecule has 2 aromatic rings. The van der Waals surface area contributed by atoms with Crippen LogP contribution in [-0.4, -0.2) is 18.1 Å². The second kappa shape index (κ2) is 5.02. The Hall–Kier alpha value is -1.86. The van der Waals surface area contributed by atoms with E-state index in [-0.39, 0.29) is 12.2 Å². The molecular formula is C12H14N2O4S. The van der Waals surface area contributed by atoms with Crippen molar-refractivity contribution in [1.29, 1.82) is 0 Å². The van der Waals surface area contributed by atoms with Gasteiger partial charge in [0.1, 0.15) is 10.9 Å². The van der Waals surface area contributed by atoms with E-state index < -0.39 is 15.4 Å². The van der Waals surface area contributed by atoms with E-state index in [1.165, 1.54) is 0 Å². The molecule has 1 unspecified atom stereocenters. The molecule has 0 aliphatic carbocycles. The Morgan fingerprint density at radius 3 is 2.47 bits per heavy atom. The molecule has 0 aliphatic heterocycles. The lowest BCUT2D eigenvalue weighted by Gasteiger charge is -2.12. The van der Waals surface area contributed by atoms with Gasteiger partial charge in [-0.3, -0.25) is 4.55 Å². The molecular weight excluding hydrogens is 268 g/mol. The number of aromatic nitrogens is 1. The fraction of sp³-hybridized carbons (Fsp3) is 0.250. The summed E-state index contributed by atoms with van der Waals surface area (Å²) in [6, 6.07) is 8.40. The lowest BCUT2D eigenvalue weighted by molar-refractivity contribution is 0.374. The molecule has 1 heterocycles. The fourth-order valence-electron chi connectivity index (χ4n) is 1.80. The molecule has 102 valence electrons. The van der Waals surface area contributed by atoms with Crippen LogP contribution in [0, 0.1) is 6.92 Å². The van der Waals surface area contributed by atoms with Gasteiger partial charge in [0, 0.05) is 6.42 Å². The zero-order valence-corrected chi connectivity index (χ0v) is 11.1. The van der Waals surface area contributed by atoms with Crippen molar-refractivity contribution in [3.63, 3.8) is 0 Å². The molecule has 0 spiro atoms. The zero-order chi connectivity index (χ0) is 14.0. The van der Waals surface area contributed by atoms with Crippen molar-refractivity contribution in [2.45, 2.75) is 18.6 Å². The van der Waals surface area contributed by atoms with Gasteiger partial charge in [0.15, 0.2) is 5.76 Å². The first-order valence-corrected chi connectivity index (χ1v) is 7.11. The summed E-state index contributed by atoms with van der Waals surface area (Å²) in [4.78, 5) is 0. The quantitative estimate of drug-likeness (QED) is 0.827. The molecule has 1 atom stereocenters. The third-order valence-electron chi connectivity index (χ3n) is 2.88. The van der Waals surface area contributed by atoms with Crippen LogP contribution in [0.25, 0.3) is 0 Å². The molecule has 19 heavy (non-hydrogen) atoms. The predicted molar refractivity (Wildman–Crippen MR) is 70.1 cm³/mol. The van der Waals surface area contributed by atoms with Gasteiger partial charge in [0.25, 0.3) is 10.1 Å². The van der Waals surface area contributed by atoms with Crippen LogP contribution in [0.5, 0.6) is 0 Å². The SMILES string of the molecule is Cc1noc(CC(c2ccccc2)S(=O)(=O)O)c1N. The van der Waals surface area contributed by atoms with Crippen LogP contribution >= 0.6 is 0 Å². The molecule has 0 fully saturated rings. The summed E-state index contributed by atoms with van der Waals surface area (Å²) >= 11 is 0. The summed E-state index contributed by atoms with van der Waals surface area (Å²) in [6.45, 7) is 1.66. The van der Waals surface area contributed by atoms with Gasteiger partial charge < -0.3 is 10.3 Å². The van der Waals surface area contributed by atoms with Crippen LogP contribution in [0.15, 0.2) is 34.9 Å². The normalized spacial score (nSPS) is 13.4. The number of hydrogen-bond acceptors (Lipinski definition) is 5. The highest BCUT2D eigenvalue weighted by Crippen LogP contribution is 2.29. The maximum absolute atomic E-state index is 11.5. The monoisotopic (exact) mass is 282 g/mol. The van der Waals surface area contributed by atoms with E-state index in [1.807, 2.05) is 0 Å². The smallest absolute Gasteiger partial charge is 0.272 e. The standard InChI is InChI=1S/C12H14N2O4S/c1-8-12(13)10(18-14-8)7-11(19(15,16)17)9-5-3-2-4-6-9/h2-6,11H,7,13H2,1H3,(H,15,16,17). The minimum absolute atomic E-state index is 0.0600. The summed E-state index contributed by atoms with van der Waals surface area (Å²) in [5.74, 6) is 0.254. The number of benzene rings is 1. The largest absolute Gasteiger partial charge is 0.394 e. The molecule has 0 amide bonds. The predicted octanol–water partition coefficient (Wildman–Crippen LogP) is 1.74. The van der Waals surface area contributed by atoms with Crippen molar-refractivity contribution in [3.05, 3.63) is 47.3 Å². The molecule has 3 N–H and O–H groups in total. The molecule has 2 rings (SSSR count). The number of hydrogen-bond donors (Lipinski definition) is 2. The summed E-state index contributed by atoms with van der Waals surface area (Å²) < 4.78 is 37.4. The summed E-state index contributed by atoms with van der Waals surface area (Å²) in [7, 11) is -4.27. The van der Waals surface area contributed by atoms with Gasteiger partial charge in [0.05, 0.1) is 5.69 Å². The van der Waals surface area contributed by atoms with Crippen molar-refractivity contribution in [3.8, 4) is 0 Å². The Morgan fingerprint density at radius 1 is 1.37 bits per heavy atom. The topological polar surface area (TPSA) is 106 Å². The average Bonchev–Trinajstić information content (AvgIpc) is 2.67. The van der Waals surface area contributed by atoms with Gasteiger partial charge in [-0.1, -0.05) is 35.5 Å². The Balaban J connectivity index is 2.39. The Kier molecular flexibility index (Phi) is 3.59. The number of nitrogens with zero attached hydrogens (tertiary/aromatic N) is 1. The maximum atomic E-state index is 11.5. The summed E-state index contributed by atoms with van der Waals surface area (Å²) in [5, 5.41) is 2.55. The van der Waals surface area contributed by atoms with Crippen molar-refractivity contribution in [2.24, 2.45) is 0 Å². The molecule has 0 aliphatic rings. The van der Waals surface area contributed by atoms with Gasteiger partial charge in [0.2, 0.25) is 0 Å². The van der Waals surface area contributed by atoms with E-state index in [0.29, 0.717) is 16.9 Å². The first-order valence-electron chi connectivity index (χ1n) is 5.61. The van der Waals surface area contributed by atoms with E-state index in [0.717, 1.165) is 0 Å². The number of anilines is 1. The highest BCUT2D eigenvalue weighted by Gasteiger charge is 2.28. The molecule has 6 nitrogen and oxygen atoms in total. The van der Waals surface area contributed by atoms with Gasteiger partial charge in [-0.05, 0) is 12.5 Å². The third-order valence-corrected chi connectivity index (χ3v) is 4.04. The molecule has 0 saturated heterocycles. The molecule has 1 aromatic carbocycles. The van der Waals surface area contributed by atoms with Gasteiger partial charge in [-0.15, -0.1) is 0 Å². The molecule has 0 bridgehead atoms. The third kappa shape index (κ3) is 2.94. The van der Waals surface area contributed by atoms with Crippen LogP contribution in [-0.2, 0) is 16.5 Å². The lowest BCUT2D eigenvalue weighted by atomic mass is 10.1. The lowest BCUT2D eigenvalue weighted by Crippen LogP contribution is -2.15. The molecule has 7 heteroatoms. The zero-order valence-electron chi connectivity index (χ0n) is 10.3. The van der Waals surface area contributed by atoms with E-state index in [1.54, 1.807) is 37.3 Å². The highest BCUT2D eigenvalue weighted by atomic mass is 32.2. The summed E-state index contributed by atoms with van der Waals surface area (Å²) in [6.07, 6.45) is -0.0600. The highest BCUT2D eigenvalue weighted by molar-refractivity contribution is 7.86. The van der Waals surface area contributed by atoms with Gasteiger partial charge >= 0.3 is 0 Å². The molecule has 0 saturated carbocycles. The Morgan fingerprint density at radius 2 is 2.00 bits per heavy atom. The Bertz CT molecular complexity index is 664. The molecule has 1 aromatic heterocycles. The van der Waals surface area contributed by atoms with Crippen LogP contribution in [0.4, 0.5) is 5.69 Å². The van der Waals surface area contributed by atoms with Crippen molar-refractivity contribution in [2.75, 3.05) is 5.73 Å². The van der Waals surface area contributed by atoms with Crippen LogP contribution in [0.2, 0.25) is 0 Å². The summed E-state index contributed by atoms with van der Waals surface area (Å²) in [5.41, 5.74) is 7.02. The van der Waals surface area contributed by atoms with E-state index in [9.17, 15) is 13.0 Å². The second-order valence-electron chi connectivity index (χ2n) is 4.22. The van der Waals surface area contributed by atoms with Crippen LogP contribution < -0.4 is 5.73 Å². The van der Waals surface area contributed by atoms with Crippen LogP contribution in [0.3, 0.4) is 0 Å². The fourth-order valence-corrected chi connectivity index (χ4v) is 2.67. The van der Waals surface area contributed by atoms with Crippen LogP contribution in [0.1, 0.15) is 22.3 Å². The first-order chi connectivity index (χ1) is 8.89. The number of rotatable bonds is 4. The maximum Gasteiger partial charge on any atom is 0.272 e.